The van der Waals surface area contributed by atoms with Crippen molar-refractivity contribution < 1.29 is 46.7 Å². The predicted molar refractivity (Wildman–Crippen MR) is 566 cm³/mol. The van der Waals surface area contributed by atoms with Gasteiger partial charge in [-0.25, -0.2) is 51.6 Å². The van der Waals surface area contributed by atoms with E-state index in [1.165, 1.54) is 105 Å². The van der Waals surface area contributed by atoms with Gasteiger partial charge in [-0.1, -0.05) is 224 Å². The third-order valence-electron chi connectivity index (χ3n) is 28.6. The Kier molecular flexibility index (Phi) is 29.8. The number of ether oxygens (including phenoxy) is 1. The maximum absolute atomic E-state index is 14.0. The van der Waals surface area contributed by atoms with E-state index >= 15 is 0 Å². The number of likely N-dealkylation sites (N-methyl/N-ethyl adjacent to an activating group) is 1. The summed E-state index contributed by atoms with van der Waals surface area (Å²) in [6, 6.07) is 59.9. The molecule has 5 saturated carbocycles. The second-order valence-corrected chi connectivity index (χ2v) is 42.9. The normalized spacial score (nSPS) is 17.1. The minimum Gasteiger partial charge on any atom is -0.444 e. The van der Waals surface area contributed by atoms with Crippen molar-refractivity contribution in [2.45, 2.75) is 182 Å². The van der Waals surface area contributed by atoms with Gasteiger partial charge in [-0.15, -0.1) is 25.5 Å². The highest BCUT2D eigenvalue weighted by molar-refractivity contribution is 6.39. The minimum atomic E-state index is -0.688. The van der Waals surface area contributed by atoms with Gasteiger partial charge >= 0.3 is 24.1 Å². The number of hydrogen-bond acceptors (Lipinski definition) is 21. The molecule has 0 radical (unpaired) electrons. The fourth-order valence-electron chi connectivity index (χ4n) is 19.3. The molecule has 16 aromatic rings. The fraction of sp³-hybridized carbons (Fsp3) is 0.378. The van der Waals surface area contributed by atoms with Crippen LogP contribution < -0.4 is 10.6 Å². The summed E-state index contributed by atoms with van der Waals surface area (Å²) in [6.07, 6.45) is 16.1. The Morgan fingerprint density at radius 3 is 1.15 bits per heavy atom. The molecule has 8 amide bonds. The Balaban J connectivity index is 0.000000109. The average Bonchev–Trinajstić information content (AvgIpc) is 1.64. The van der Waals surface area contributed by atoms with Gasteiger partial charge in [-0.2, -0.15) is 0 Å². The Morgan fingerprint density at radius 1 is 0.436 bits per heavy atom. The molecule has 4 aliphatic heterocycles. The maximum atomic E-state index is 14.0. The van der Waals surface area contributed by atoms with E-state index in [0.717, 1.165) is 216 Å². The van der Waals surface area contributed by atoms with Crippen LogP contribution in [0.4, 0.5) is 23.2 Å². The van der Waals surface area contributed by atoms with Gasteiger partial charge in [-0.05, 0) is 225 Å². The molecule has 9 fully saturated rings. The quantitative estimate of drug-likeness (QED) is 0.0452. The number of benzene rings is 10. The number of rotatable bonds is 27. The van der Waals surface area contributed by atoms with E-state index < -0.39 is 18.4 Å². The van der Waals surface area contributed by atoms with E-state index in [0.29, 0.717) is 88.7 Å². The van der Waals surface area contributed by atoms with Crippen LogP contribution in [0.25, 0.3) is 111 Å². The zero-order chi connectivity index (χ0) is 103. The number of nitrogens with one attached hydrogen (secondary N) is 2. The molecular formula is C111H114Cl4F2N24O8. The molecule has 10 aromatic carbocycles. The number of hydrogen-bond donors (Lipinski definition) is 2. The summed E-state index contributed by atoms with van der Waals surface area (Å²) < 4.78 is 47.8. The molecule has 6 aromatic heterocycles. The highest BCUT2D eigenvalue weighted by Gasteiger charge is 2.36. The van der Waals surface area contributed by atoms with E-state index in [1.54, 1.807) is 4.90 Å². The lowest BCUT2D eigenvalue weighted by Crippen LogP contribution is -2.49. The first-order valence-corrected chi connectivity index (χ1v) is 52.6. The number of piperazine rings is 1. The lowest BCUT2D eigenvalue weighted by atomic mass is 9.98. The molecule has 9 aliphatic rings. The van der Waals surface area contributed by atoms with E-state index in [2.05, 4.69) is 150 Å². The van der Waals surface area contributed by atoms with E-state index in [-0.39, 0.29) is 54.9 Å². The van der Waals surface area contributed by atoms with Gasteiger partial charge in [0.25, 0.3) is 5.89 Å². The van der Waals surface area contributed by atoms with Crippen LogP contribution in [0.5, 0.6) is 0 Å². The summed E-state index contributed by atoms with van der Waals surface area (Å²) in [5.41, 5.74) is 23.3. The molecule has 1 unspecified atom stereocenters. The molecule has 149 heavy (non-hydrogen) atoms. The number of imide groups is 2. The topological polar surface area (TPSA) is 335 Å². The Hall–Kier alpha value is -14.0. The van der Waals surface area contributed by atoms with Crippen molar-refractivity contribution in [1.29, 1.82) is 0 Å². The van der Waals surface area contributed by atoms with Gasteiger partial charge < -0.3 is 29.2 Å². The number of carbonyl (C=O) groups is 6. The first-order chi connectivity index (χ1) is 72.2. The largest absolute Gasteiger partial charge is 0.444 e. The summed E-state index contributed by atoms with van der Waals surface area (Å²) in [5, 5.41) is 50.5. The highest BCUT2D eigenvalue weighted by atomic mass is 35.5. The van der Waals surface area contributed by atoms with Gasteiger partial charge in [-0.3, -0.25) is 34.4 Å². The van der Waals surface area contributed by atoms with E-state index in [1.807, 2.05) is 153 Å². The molecule has 768 valence electrons. The summed E-state index contributed by atoms with van der Waals surface area (Å²) >= 11 is 26.7. The van der Waals surface area contributed by atoms with Gasteiger partial charge in [0.1, 0.15) is 65.4 Å². The Bertz CT molecular complexity index is 7620. The van der Waals surface area contributed by atoms with Crippen LogP contribution in [0.3, 0.4) is 0 Å². The van der Waals surface area contributed by atoms with Crippen molar-refractivity contribution in [1.82, 2.24) is 120 Å². The van der Waals surface area contributed by atoms with Crippen LogP contribution in [0.1, 0.15) is 142 Å². The number of halogens is 6. The molecule has 1 atom stereocenters. The highest BCUT2D eigenvalue weighted by Crippen LogP contribution is 2.44. The molecule has 4 saturated heterocycles. The van der Waals surface area contributed by atoms with Gasteiger partial charge in [0.15, 0.2) is 0 Å². The fourth-order valence-corrected chi connectivity index (χ4v) is 20.5. The zero-order valence-electron chi connectivity index (χ0n) is 83.2. The molecule has 32 nitrogen and oxygen atoms in total. The number of nitrogens with zero attached hydrogens (tertiary/aromatic N) is 22. The number of urea groups is 2. The third-order valence-corrected chi connectivity index (χ3v) is 30.2. The molecule has 5 aliphatic carbocycles. The lowest BCUT2D eigenvalue weighted by molar-refractivity contribution is -0.124. The molecule has 2 N–H and O–H groups in total. The van der Waals surface area contributed by atoms with E-state index in [9.17, 15) is 37.5 Å². The minimum absolute atomic E-state index is 0.0523. The maximum Gasteiger partial charge on any atom is 0.410 e. The molecule has 0 bridgehead atoms. The molecular weight excluding hydrogens is 1980 g/mol. The van der Waals surface area contributed by atoms with Crippen molar-refractivity contribution >= 4 is 137 Å². The van der Waals surface area contributed by atoms with E-state index in [4.69, 9.17) is 55.6 Å². The Morgan fingerprint density at radius 2 is 0.799 bits per heavy atom. The van der Waals surface area contributed by atoms with Crippen LogP contribution in [-0.4, -0.2) is 216 Å². The molecule has 10 heterocycles. The van der Waals surface area contributed by atoms with Gasteiger partial charge in [0.05, 0.1) is 53.9 Å². The smallest absolute Gasteiger partial charge is 0.410 e. The number of fused-ring (bicyclic) bond motifs is 5. The Labute approximate surface area is 878 Å². The van der Waals surface area contributed by atoms with Crippen LogP contribution in [0.15, 0.2) is 199 Å². The van der Waals surface area contributed by atoms with Crippen molar-refractivity contribution in [2.75, 3.05) is 59.4 Å². The second-order valence-electron chi connectivity index (χ2n) is 41.4. The first kappa shape index (κ1) is 101. The van der Waals surface area contributed by atoms with Gasteiger partial charge in [0.2, 0.25) is 11.8 Å². The second kappa shape index (κ2) is 44.0. The first-order valence-electron chi connectivity index (χ1n) is 51.1. The number of carbonyl (C=O) groups excluding carboxylic acids is 6. The van der Waals surface area contributed by atoms with Crippen molar-refractivity contribution in [3.63, 3.8) is 0 Å². The number of alkyl halides is 2. The van der Waals surface area contributed by atoms with Crippen LogP contribution in [0, 0.1) is 29.6 Å². The zero-order valence-corrected chi connectivity index (χ0v) is 86.3. The number of aromatic nitrogens is 16. The summed E-state index contributed by atoms with van der Waals surface area (Å²) in [7, 11) is 1.49. The number of oxazole rings is 1. The third kappa shape index (κ3) is 24.0. The number of likely N-dealkylation sites (tertiary alicyclic amines) is 1. The van der Waals surface area contributed by atoms with Crippen LogP contribution in [0.2, 0.25) is 20.1 Å². The number of piperidine rings is 1. The number of amides is 8. The predicted octanol–water partition coefficient (Wildman–Crippen LogP) is 21.0. The van der Waals surface area contributed by atoms with Crippen LogP contribution >= 0.6 is 46.4 Å². The molecule has 38 heteroatoms. The van der Waals surface area contributed by atoms with Crippen molar-refractivity contribution in [2.24, 2.45) is 29.6 Å². The average molecular weight is 2090 g/mol. The van der Waals surface area contributed by atoms with Crippen molar-refractivity contribution in [3.8, 4) is 55.6 Å². The summed E-state index contributed by atoms with van der Waals surface area (Å²) in [5.74, 6) is 2.80. The van der Waals surface area contributed by atoms with Gasteiger partial charge in [0, 0.05) is 133 Å². The van der Waals surface area contributed by atoms with Crippen LogP contribution in [-0.2, 0) is 86.4 Å². The molecule has 0 spiro atoms. The SMILES string of the molecule is CC(C)(C)OC(=O)N1CCN(Cc2ccc(-c3ccc4c(nnn4CC4CC4)c3Cl)cc2)CC1.CN1C(=O)CN(Cc2ccc(-c3ccc4c(nnn4CC4CC4)c3CF)cc2)C1=O.FC1CCCN(Cc2ccc(-c3ccc4c(nnn4CC4CC4)c3Cl)cc2)C1.O=C(NCc1ccc(-c2ccc3c(nnn3CC3CC3)c2Cl)cc1)c1ncco1.O=C1CN(Cc2ccc(-c3ccc4c(nnn4CC4CC4)c3Cl)cc2)C(=O)N1. The monoisotopic (exact) mass is 2090 g/mol. The summed E-state index contributed by atoms with van der Waals surface area (Å²) in [4.78, 5) is 85.2. The van der Waals surface area contributed by atoms with Crippen molar-refractivity contribution in [3.05, 3.63) is 254 Å². The molecule has 25 rings (SSSR count). The standard InChI is InChI=1S/C26H32ClN5O2.C22H24ClFN4.C22H22FN5O2.C21H18ClN5O2.C20H18ClN5O2/c1-26(2,3)34-25(33)31-14-12-30(13-15-31)16-18-6-8-20(9-7-18)21-10-11-22-24(23(21)27)28-29-32(22)17-19-4-5-19;23-21-19(9-10-20-22(21)25-26-28(20)13-16-3-4-16)17-7-5-15(6-8-17)12-27-11-1-2-18(24)14-27;1-26-20(29)13-27(22(26)30)11-14-4-6-16(7-5-14)17-8-9-19-21(18(17)10-23)24-25-28(19)12-15-2-3-15;22-18-16(7-8-17-19(18)25-26-27(17)12-14-1-2-14)15-5-3-13(4-6-15)11-24-20(28)21-23-9-10-29-21;21-18-15(7-8-16-19(18)23-24-26(16)10-13-1-2-13)14-5-3-12(4-6-14)9-25-11-17(27)22-20(25)28/h6-11,19H,4-5,12-17H2,1-3H3;5-10,16,18H,1-4,11-14H2;4-9,15H,2-3,10-13H2,1H3;3-10,14H,1-2,11-12H2,(H,24,28);3-8,13H,1-2,9-11H2,(H,22,27,28). The summed E-state index contributed by atoms with van der Waals surface area (Å²) in [6.45, 7) is 17.1. The lowest BCUT2D eigenvalue weighted by Gasteiger charge is -2.35.